The number of carbonyl (C=O) groups is 2. The van der Waals surface area contributed by atoms with Crippen LogP contribution in [0.3, 0.4) is 0 Å². The number of nitro groups is 1. The number of para-hydroxylation sites is 2. The average molecular weight is 397 g/mol. The maximum atomic E-state index is 12.3. The maximum absolute atomic E-state index is 12.3. The summed E-state index contributed by atoms with van der Waals surface area (Å²) in [5.74, 6) is -0.986. The van der Waals surface area contributed by atoms with Gasteiger partial charge in [-0.05, 0) is 36.6 Å². The van der Waals surface area contributed by atoms with Crippen LogP contribution in [0, 0.1) is 10.1 Å². The SMILES string of the molecule is COc1ccc(C2(CNC(=O)C(=O)Nc3ccccc3[N+](=O)[O-])CCCC2)cc1. The first-order chi connectivity index (χ1) is 13.9. The molecule has 3 rings (SSSR count). The summed E-state index contributed by atoms with van der Waals surface area (Å²) in [6, 6.07) is 13.5. The van der Waals surface area contributed by atoms with Crippen molar-refractivity contribution in [3.63, 3.8) is 0 Å². The van der Waals surface area contributed by atoms with Gasteiger partial charge in [-0.1, -0.05) is 37.1 Å². The van der Waals surface area contributed by atoms with Crippen LogP contribution in [0.5, 0.6) is 5.75 Å². The van der Waals surface area contributed by atoms with E-state index >= 15 is 0 Å². The average Bonchev–Trinajstić information content (AvgIpc) is 3.22. The molecule has 0 bridgehead atoms. The monoisotopic (exact) mass is 397 g/mol. The van der Waals surface area contributed by atoms with Gasteiger partial charge in [0.15, 0.2) is 0 Å². The Morgan fingerprint density at radius 3 is 2.34 bits per heavy atom. The number of nitrogens with zero attached hydrogens (tertiary/aromatic N) is 1. The van der Waals surface area contributed by atoms with Crippen LogP contribution in [-0.2, 0) is 15.0 Å². The molecule has 2 aromatic rings. The van der Waals surface area contributed by atoms with Crippen LogP contribution in [0.1, 0.15) is 31.2 Å². The zero-order valence-electron chi connectivity index (χ0n) is 16.1. The van der Waals surface area contributed by atoms with Crippen LogP contribution >= 0.6 is 0 Å². The van der Waals surface area contributed by atoms with E-state index in [4.69, 9.17) is 4.74 Å². The number of nitrogens with one attached hydrogen (secondary N) is 2. The lowest BCUT2D eigenvalue weighted by Gasteiger charge is -2.30. The summed E-state index contributed by atoms with van der Waals surface area (Å²) in [5, 5.41) is 16.1. The topological polar surface area (TPSA) is 111 Å². The van der Waals surface area contributed by atoms with E-state index in [-0.39, 0.29) is 16.8 Å². The molecule has 2 aromatic carbocycles. The molecule has 1 aliphatic carbocycles. The van der Waals surface area contributed by atoms with Gasteiger partial charge in [-0.15, -0.1) is 0 Å². The molecule has 0 aliphatic heterocycles. The number of hydrogen-bond acceptors (Lipinski definition) is 5. The predicted molar refractivity (Wildman–Crippen MR) is 108 cm³/mol. The highest BCUT2D eigenvalue weighted by Gasteiger charge is 2.36. The Morgan fingerprint density at radius 1 is 1.07 bits per heavy atom. The Balaban J connectivity index is 1.67. The summed E-state index contributed by atoms with van der Waals surface area (Å²) >= 11 is 0. The molecule has 8 heteroatoms. The number of rotatable bonds is 6. The van der Waals surface area contributed by atoms with Gasteiger partial charge in [0.05, 0.1) is 12.0 Å². The largest absolute Gasteiger partial charge is 0.497 e. The molecule has 1 aliphatic rings. The van der Waals surface area contributed by atoms with Crippen LogP contribution in [0.4, 0.5) is 11.4 Å². The zero-order chi connectivity index (χ0) is 20.9. The van der Waals surface area contributed by atoms with Crippen LogP contribution in [0.25, 0.3) is 0 Å². The van der Waals surface area contributed by atoms with E-state index < -0.39 is 16.7 Å². The minimum absolute atomic E-state index is 0.0108. The molecule has 8 nitrogen and oxygen atoms in total. The molecule has 2 amide bonds. The molecule has 29 heavy (non-hydrogen) atoms. The summed E-state index contributed by atoms with van der Waals surface area (Å²) in [7, 11) is 1.61. The molecule has 0 spiro atoms. The van der Waals surface area contributed by atoms with E-state index in [1.807, 2.05) is 24.3 Å². The van der Waals surface area contributed by atoms with Crippen LogP contribution < -0.4 is 15.4 Å². The highest BCUT2D eigenvalue weighted by molar-refractivity contribution is 6.39. The van der Waals surface area contributed by atoms with E-state index in [2.05, 4.69) is 10.6 Å². The number of amides is 2. The standard InChI is InChI=1S/C21H23N3O5/c1-29-16-10-8-15(9-11-16)21(12-4-5-13-21)14-22-19(25)20(26)23-17-6-2-3-7-18(17)24(27)28/h2-3,6-11H,4-5,12-14H2,1H3,(H,22,25)(H,23,26). The van der Waals surface area contributed by atoms with Gasteiger partial charge in [0, 0.05) is 18.0 Å². The molecule has 152 valence electrons. The molecule has 0 unspecified atom stereocenters. The lowest BCUT2D eigenvalue weighted by Crippen LogP contribution is -2.43. The van der Waals surface area contributed by atoms with Crippen molar-refractivity contribution in [3.8, 4) is 5.75 Å². The molecular weight excluding hydrogens is 374 g/mol. The van der Waals surface area contributed by atoms with Crippen LogP contribution in [-0.4, -0.2) is 30.4 Å². The smallest absolute Gasteiger partial charge is 0.313 e. The Hall–Kier alpha value is -3.42. The van der Waals surface area contributed by atoms with Gasteiger partial charge in [-0.2, -0.15) is 0 Å². The van der Waals surface area contributed by atoms with Crippen molar-refractivity contribution in [3.05, 3.63) is 64.2 Å². The fraction of sp³-hybridized carbons (Fsp3) is 0.333. The lowest BCUT2D eigenvalue weighted by molar-refractivity contribution is -0.383. The lowest BCUT2D eigenvalue weighted by atomic mass is 9.78. The highest BCUT2D eigenvalue weighted by Crippen LogP contribution is 2.41. The fourth-order valence-electron chi connectivity index (χ4n) is 3.81. The van der Waals surface area contributed by atoms with Crippen molar-refractivity contribution in [2.75, 3.05) is 19.0 Å². The number of hydrogen-bond donors (Lipinski definition) is 2. The van der Waals surface area contributed by atoms with E-state index in [1.54, 1.807) is 13.2 Å². The van der Waals surface area contributed by atoms with Crippen molar-refractivity contribution >= 4 is 23.2 Å². The molecule has 2 N–H and O–H groups in total. The predicted octanol–water partition coefficient (Wildman–Crippen LogP) is 3.17. The molecule has 0 saturated heterocycles. The summed E-state index contributed by atoms with van der Waals surface area (Å²) in [6.45, 7) is 0.322. The van der Waals surface area contributed by atoms with Gasteiger partial charge in [0.2, 0.25) is 0 Å². The number of benzene rings is 2. The second-order valence-electron chi connectivity index (χ2n) is 7.13. The van der Waals surface area contributed by atoms with E-state index in [9.17, 15) is 19.7 Å². The maximum Gasteiger partial charge on any atom is 0.313 e. The van der Waals surface area contributed by atoms with Crippen molar-refractivity contribution in [2.24, 2.45) is 0 Å². The molecule has 1 fully saturated rings. The number of anilines is 1. The Morgan fingerprint density at radius 2 is 1.72 bits per heavy atom. The molecule has 1 saturated carbocycles. The van der Waals surface area contributed by atoms with Crippen molar-refractivity contribution in [2.45, 2.75) is 31.1 Å². The van der Waals surface area contributed by atoms with Gasteiger partial charge in [-0.25, -0.2) is 0 Å². The summed E-state index contributed by atoms with van der Waals surface area (Å²) in [6.07, 6.45) is 3.91. The third-order valence-corrected chi connectivity index (χ3v) is 5.41. The van der Waals surface area contributed by atoms with Gasteiger partial charge in [-0.3, -0.25) is 19.7 Å². The molecule has 0 atom stereocenters. The highest BCUT2D eigenvalue weighted by atomic mass is 16.6. The molecule has 0 radical (unpaired) electrons. The van der Waals surface area contributed by atoms with Gasteiger partial charge >= 0.3 is 11.8 Å². The van der Waals surface area contributed by atoms with E-state index in [1.165, 1.54) is 18.2 Å². The quantitative estimate of drug-likeness (QED) is 0.442. The summed E-state index contributed by atoms with van der Waals surface area (Å²) in [5.41, 5.74) is 0.582. The van der Waals surface area contributed by atoms with Crippen LogP contribution in [0.2, 0.25) is 0 Å². The normalized spacial score (nSPS) is 14.8. The Bertz CT molecular complexity index is 905. The zero-order valence-corrected chi connectivity index (χ0v) is 16.1. The van der Waals surface area contributed by atoms with Crippen molar-refractivity contribution in [1.29, 1.82) is 0 Å². The molecule has 0 heterocycles. The number of methoxy groups -OCH3 is 1. The third kappa shape index (κ3) is 4.53. The van der Waals surface area contributed by atoms with Crippen LogP contribution in [0.15, 0.2) is 48.5 Å². The molecule has 0 aromatic heterocycles. The van der Waals surface area contributed by atoms with E-state index in [0.717, 1.165) is 37.0 Å². The number of nitro benzene ring substituents is 1. The summed E-state index contributed by atoms with van der Waals surface area (Å²) < 4.78 is 5.21. The minimum Gasteiger partial charge on any atom is -0.497 e. The van der Waals surface area contributed by atoms with Crippen molar-refractivity contribution in [1.82, 2.24) is 5.32 Å². The first-order valence-corrected chi connectivity index (χ1v) is 9.42. The minimum atomic E-state index is -0.929. The number of ether oxygens (including phenoxy) is 1. The first kappa shape index (κ1) is 20.3. The second-order valence-corrected chi connectivity index (χ2v) is 7.13. The third-order valence-electron chi connectivity index (χ3n) is 5.41. The summed E-state index contributed by atoms with van der Waals surface area (Å²) in [4.78, 5) is 35.1. The second kappa shape index (κ2) is 8.72. The number of carbonyl (C=O) groups excluding carboxylic acids is 2. The Kier molecular flexibility index (Phi) is 6.11. The van der Waals surface area contributed by atoms with Gasteiger partial charge < -0.3 is 15.4 Å². The molecular formula is C21H23N3O5. The van der Waals surface area contributed by atoms with Gasteiger partial charge in [0.25, 0.3) is 5.69 Å². The first-order valence-electron chi connectivity index (χ1n) is 9.42. The van der Waals surface area contributed by atoms with Crippen molar-refractivity contribution < 1.29 is 19.2 Å². The van der Waals surface area contributed by atoms with E-state index in [0.29, 0.717) is 6.54 Å². The fourth-order valence-corrected chi connectivity index (χ4v) is 3.81. The Labute approximate surface area is 168 Å². The van der Waals surface area contributed by atoms with Gasteiger partial charge in [0.1, 0.15) is 11.4 Å².